The fourth-order valence-corrected chi connectivity index (χ4v) is 2.44. The average Bonchev–Trinajstić information content (AvgIpc) is 2.00. The van der Waals surface area contributed by atoms with Gasteiger partial charge >= 0.3 is 6.18 Å². The van der Waals surface area contributed by atoms with Gasteiger partial charge in [0.05, 0.1) is 0 Å². The molecule has 1 saturated heterocycles. The van der Waals surface area contributed by atoms with Crippen molar-refractivity contribution in [3.63, 3.8) is 0 Å². The van der Waals surface area contributed by atoms with Crippen LogP contribution >= 0.6 is 15.9 Å². The zero-order valence-electron chi connectivity index (χ0n) is 9.07. The highest BCUT2D eigenvalue weighted by atomic mass is 79.9. The Bertz CT molecular complexity index is 215. The minimum absolute atomic E-state index is 0.0624. The van der Waals surface area contributed by atoms with Gasteiger partial charge in [0.25, 0.3) is 0 Å². The molecule has 0 bridgehead atoms. The Kier molecular flexibility index (Phi) is 4.09. The van der Waals surface area contributed by atoms with Crippen LogP contribution in [0.4, 0.5) is 13.2 Å². The van der Waals surface area contributed by atoms with Crippen LogP contribution in [0.5, 0.6) is 0 Å². The molecule has 0 radical (unpaired) electrons. The van der Waals surface area contributed by atoms with Gasteiger partial charge in [-0.3, -0.25) is 0 Å². The first kappa shape index (κ1) is 13.3. The summed E-state index contributed by atoms with van der Waals surface area (Å²) in [4.78, 5) is 0.495. The van der Waals surface area contributed by atoms with E-state index in [0.717, 1.165) is 25.9 Å². The predicted molar refractivity (Wildman–Crippen MR) is 58.2 cm³/mol. The Balaban J connectivity index is 2.45. The van der Waals surface area contributed by atoms with Gasteiger partial charge in [-0.05, 0) is 24.8 Å². The summed E-state index contributed by atoms with van der Waals surface area (Å²) in [6.07, 6.45) is -2.05. The molecule has 1 atom stereocenters. The second-order valence-electron chi connectivity index (χ2n) is 5.01. The lowest BCUT2D eigenvalue weighted by atomic mass is 9.84. The number of hydrogen-bond acceptors (Lipinski definition) is 1. The van der Waals surface area contributed by atoms with E-state index in [1.807, 2.05) is 4.90 Å². The van der Waals surface area contributed by atoms with Gasteiger partial charge in [0.1, 0.15) is 4.83 Å². The largest absolute Gasteiger partial charge is 0.402 e. The normalized spacial score (nSPS) is 25.2. The van der Waals surface area contributed by atoms with Crippen LogP contribution in [0.1, 0.15) is 26.7 Å². The number of halogens is 4. The van der Waals surface area contributed by atoms with Crippen LogP contribution in [-0.2, 0) is 0 Å². The Morgan fingerprint density at radius 1 is 1.40 bits per heavy atom. The second kappa shape index (κ2) is 4.62. The molecule has 1 unspecified atom stereocenters. The SMILES string of the molecule is CC1(C)CCCN(CC(Br)C(F)(F)F)C1. The summed E-state index contributed by atoms with van der Waals surface area (Å²) >= 11 is 2.70. The maximum absolute atomic E-state index is 12.3. The maximum Gasteiger partial charge on any atom is 0.402 e. The fourth-order valence-electron chi connectivity index (χ4n) is 2.03. The topological polar surface area (TPSA) is 3.24 Å². The molecule has 5 heteroatoms. The maximum atomic E-state index is 12.3. The molecule has 0 aromatic heterocycles. The summed E-state index contributed by atoms with van der Waals surface area (Å²) in [5, 5.41) is 0. The molecule has 1 aliphatic rings. The van der Waals surface area contributed by atoms with Crippen LogP contribution in [0.3, 0.4) is 0 Å². The van der Waals surface area contributed by atoms with E-state index in [4.69, 9.17) is 0 Å². The molecule has 1 heterocycles. The molecule has 1 rings (SSSR count). The van der Waals surface area contributed by atoms with Crippen molar-refractivity contribution in [1.29, 1.82) is 0 Å². The van der Waals surface area contributed by atoms with Gasteiger partial charge in [-0.2, -0.15) is 13.2 Å². The van der Waals surface area contributed by atoms with Crippen LogP contribution < -0.4 is 0 Å². The smallest absolute Gasteiger partial charge is 0.301 e. The molecule has 1 aliphatic heterocycles. The Morgan fingerprint density at radius 2 is 2.00 bits per heavy atom. The van der Waals surface area contributed by atoms with Crippen molar-refractivity contribution in [1.82, 2.24) is 4.90 Å². The van der Waals surface area contributed by atoms with Gasteiger partial charge in [-0.15, -0.1) is 0 Å². The van der Waals surface area contributed by atoms with E-state index < -0.39 is 11.0 Å². The first-order valence-electron chi connectivity index (χ1n) is 5.14. The predicted octanol–water partition coefficient (Wildman–Crippen LogP) is 3.43. The van der Waals surface area contributed by atoms with Gasteiger partial charge < -0.3 is 4.90 Å². The van der Waals surface area contributed by atoms with Gasteiger partial charge in [-0.25, -0.2) is 0 Å². The van der Waals surface area contributed by atoms with E-state index in [-0.39, 0.29) is 12.0 Å². The first-order valence-corrected chi connectivity index (χ1v) is 6.05. The van der Waals surface area contributed by atoms with Gasteiger partial charge in [0.2, 0.25) is 0 Å². The quantitative estimate of drug-likeness (QED) is 0.704. The second-order valence-corrected chi connectivity index (χ2v) is 6.12. The monoisotopic (exact) mass is 287 g/mol. The van der Waals surface area contributed by atoms with Crippen molar-refractivity contribution in [3.8, 4) is 0 Å². The van der Waals surface area contributed by atoms with E-state index in [1.165, 1.54) is 0 Å². The van der Waals surface area contributed by atoms with E-state index in [2.05, 4.69) is 29.8 Å². The van der Waals surface area contributed by atoms with Crippen LogP contribution in [-0.4, -0.2) is 35.5 Å². The lowest BCUT2D eigenvalue weighted by molar-refractivity contribution is -0.132. The van der Waals surface area contributed by atoms with Crippen molar-refractivity contribution < 1.29 is 13.2 Å². The average molecular weight is 288 g/mol. The summed E-state index contributed by atoms with van der Waals surface area (Å²) in [6.45, 7) is 5.81. The number of piperidine rings is 1. The molecule has 90 valence electrons. The van der Waals surface area contributed by atoms with E-state index in [1.54, 1.807) is 0 Å². The lowest BCUT2D eigenvalue weighted by Gasteiger charge is -2.39. The Morgan fingerprint density at radius 3 is 2.47 bits per heavy atom. The highest BCUT2D eigenvalue weighted by Gasteiger charge is 2.39. The number of likely N-dealkylation sites (tertiary alicyclic amines) is 1. The molecular formula is C10H17BrF3N. The minimum atomic E-state index is -4.14. The molecule has 0 aromatic rings. The van der Waals surface area contributed by atoms with E-state index in [0.29, 0.717) is 0 Å². The van der Waals surface area contributed by atoms with Crippen molar-refractivity contribution in [2.24, 2.45) is 5.41 Å². The minimum Gasteiger partial charge on any atom is -0.301 e. The zero-order chi connectivity index (χ0) is 11.7. The fraction of sp³-hybridized carbons (Fsp3) is 1.00. The third kappa shape index (κ3) is 4.31. The molecule has 0 amide bonds. The molecular weight excluding hydrogens is 271 g/mol. The first-order chi connectivity index (χ1) is 6.71. The number of alkyl halides is 4. The molecule has 0 aliphatic carbocycles. The van der Waals surface area contributed by atoms with Crippen molar-refractivity contribution in [2.45, 2.75) is 37.7 Å². The molecule has 15 heavy (non-hydrogen) atoms. The van der Waals surface area contributed by atoms with Crippen LogP contribution in [0.2, 0.25) is 0 Å². The van der Waals surface area contributed by atoms with Gasteiger partial charge in [0.15, 0.2) is 0 Å². The summed E-state index contributed by atoms with van der Waals surface area (Å²) in [6, 6.07) is 0. The summed E-state index contributed by atoms with van der Waals surface area (Å²) < 4.78 is 37.0. The lowest BCUT2D eigenvalue weighted by Crippen LogP contribution is -2.45. The molecule has 0 saturated carbocycles. The van der Waals surface area contributed by atoms with Crippen LogP contribution in [0.25, 0.3) is 0 Å². The highest BCUT2D eigenvalue weighted by Crippen LogP contribution is 2.32. The third-order valence-corrected chi connectivity index (χ3v) is 3.56. The summed E-state index contributed by atoms with van der Waals surface area (Å²) in [7, 11) is 0. The van der Waals surface area contributed by atoms with Crippen LogP contribution in [0, 0.1) is 5.41 Å². The third-order valence-electron chi connectivity index (χ3n) is 2.75. The molecule has 1 nitrogen and oxygen atoms in total. The number of nitrogens with zero attached hydrogens (tertiary/aromatic N) is 1. The van der Waals surface area contributed by atoms with Crippen molar-refractivity contribution >= 4 is 15.9 Å². The molecule has 0 N–H and O–H groups in total. The van der Waals surface area contributed by atoms with E-state index in [9.17, 15) is 13.2 Å². The van der Waals surface area contributed by atoms with Crippen molar-refractivity contribution in [2.75, 3.05) is 19.6 Å². The molecule has 0 spiro atoms. The number of rotatable bonds is 2. The number of hydrogen-bond donors (Lipinski definition) is 0. The van der Waals surface area contributed by atoms with E-state index >= 15 is 0 Å². The summed E-state index contributed by atoms with van der Waals surface area (Å²) in [5.41, 5.74) is 0.149. The van der Waals surface area contributed by atoms with Crippen molar-refractivity contribution in [3.05, 3.63) is 0 Å². The van der Waals surface area contributed by atoms with Gasteiger partial charge in [-0.1, -0.05) is 29.8 Å². The van der Waals surface area contributed by atoms with Gasteiger partial charge in [0, 0.05) is 13.1 Å². The summed E-state index contributed by atoms with van der Waals surface area (Å²) in [5.74, 6) is 0. The Labute approximate surface area is 97.1 Å². The zero-order valence-corrected chi connectivity index (χ0v) is 10.7. The van der Waals surface area contributed by atoms with Crippen LogP contribution in [0.15, 0.2) is 0 Å². The molecule has 0 aromatic carbocycles. The molecule has 1 fully saturated rings. The standard InChI is InChI=1S/C10H17BrF3N/c1-9(2)4-3-5-15(7-9)6-8(11)10(12,13)14/h8H,3-7H2,1-2H3. The Hall–Kier alpha value is 0.230. The highest BCUT2D eigenvalue weighted by molar-refractivity contribution is 9.09.